The third-order valence-corrected chi connectivity index (χ3v) is 4.65. The fourth-order valence-electron chi connectivity index (χ4n) is 3.23. The second-order valence-corrected chi connectivity index (χ2v) is 6.42. The number of aromatic nitrogens is 1. The topological polar surface area (TPSA) is 51.2 Å². The summed E-state index contributed by atoms with van der Waals surface area (Å²) in [7, 11) is 0. The van der Waals surface area contributed by atoms with Crippen molar-refractivity contribution in [2.75, 3.05) is 6.61 Å². The van der Waals surface area contributed by atoms with E-state index >= 15 is 0 Å². The predicted molar refractivity (Wildman–Crippen MR) is 104 cm³/mol. The number of hydrogen-bond donors (Lipinski definition) is 1. The summed E-state index contributed by atoms with van der Waals surface area (Å²) in [5.74, 6) is -0.644. The molecule has 0 amide bonds. The lowest BCUT2D eigenvalue weighted by molar-refractivity contribution is 0.0523. The molecule has 1 heterocycles. The van der Waals surface area contributed by atoms with E-state index < -0.39 is 0 Å². The number of fused-ring (bicyclic) bond motifs is 1. The van der Waals surface area contributed by atoms with Gasteiger partial charge in [0.1, 0.15) is 5.82 Å². The quantitative estimate of drug-likeness (QED) is 0.642. The number of nitrogens with one attached hydrogen (secondary N) is 1. The van der Waals surface area contributed by atoms with E-state index in [4.69, 9.17) is 4.74 Å². The van der Waals surface area contributed by atoms with Crippen LogP contribution < -0.4 is 5.32 Å². The van der Waals surface area contributed by atoms with E-state index in [1.807, 2.05) is 38.1 Å². The van der Waals surface area contributed by atoms with Crippen LogP contribution in [0.5, 0.6) is 0 Å². The molecule has 1 unspecified atom stereocenters. The molecule has 0 radical (unpaired) electrons. The Morgan fingerprint density at radius 1 is 1.19 bits per heavy atom. The molecule has 0 aliphatic carbocycles. The van der Waals surface area contributed by atoms with Crippen molar-refractivity contribution in [3.63, 3.8) is 0 Å². The predicted octanol–water partition coefficient (Wildman–Crippen LogP) is 4.71. The number of para-hydroxylation sites is 1. The summed E-state index contributed by atoms with van der Waals surface area (Å²) in [6.45, 7) is 6.19. The van der Waals surface area contributed by atoms with Crippen LogP contribution in [-0.2, 0) is 11.3 Å². The Morgan fingerprint density at radius 3 is 2.63 bits per heavy atom. The number of benzene rings is 2. The van der Waals surface area contributed by atoms with Gasteiger partial charge in [-0.15, -0.1) is 0 Å². The van der Waals surface area contributed by atoms with Crippen LogP contribution in [0, 0.1) is 12.7 Å². The van der Waals surface area contributed by atoms with E-state index in [2.05, 4.69) is 10.3 Å². The van der Waals surface area contributed by atoms with Gasteiger partial charge in [0.25, 0.3) is 0 Å². The van der Waals surface area contributed by atoms with Crippen LogP contribution in [-0.4, -0.2) is 17.6 Å². The van der Waals surface area contributed by atoms with Gasteiger partial charge in [0.2, 0.25) is 0 Å². The minimum atomic E-state index is -0.386. The van der Waals surface area contributed by atoms with Crippen LogP contribution >= 0.6 is 0 Å². The standard InChI is InChI=1S/C22H23FN2O2/c1-4-27-22(26)21-14(2)16-9-6-8-12-19(16)25-20(21)13-24-15(3)17-10-5-7-11-18(17)23/h5-12,15,24H,4,13H2,1-3H3. The lowest BCUT2D eigenvalue weighted by Gasteiger charge is -2.18. The van der Waals surface area contributed by atoms with E-state index in [9.17, 15) is 9.18 Å². The van der Waals surface area contributed by atoms with Crippen LogP contribution in [0.2, 0.25) is 0 Å². The summed E-state index contributed by atoms with van der Waals surface area (Å²) in [6.07, 6.45) is 0. The van der Waals surface area contributed by atoms with E-state index in [1.165, 1.54) is 6.07 Å². The summed E-state index contributed by atoms with van der Waals surface area (Å²) in [4.78, 5) is 17.2. The number of hydrogen-bond acceptors (Lipinski definition) is 4. The average Bonchev–Trinajstić information content (AvgIpc) is 2.66. The molecule has 4 nitrogen and oxygen atoms in total. The van der Waals surface area contributed by atoms with Crippen molar-refractivity contribution in [3.8, 4) is 0 Å². The molecule has 2 aromatic carbocycles. The van der Waals surface area contributed by atoms with Gasteiger partial charge in [0, 0.05) is 23.5 Å². The number of aryl methyl sites for hydroxylation is 1. The van der Waals surface area contributed by atoms with Crippen molar-refractivity contribution in [2.45, 2.75) is 33.4 Å². The molecule has 1 N–H and O–H groups in total. The highest BCUT2D eigenvalue weighted by atomic mass is 19.1. The van der Waals surface area contributed by atoms with Crippen molar-refractivity contribution in [1.82, 2.24) is 10.3 Å². The first-order chi connectivity index (χ1) is 13.0. The summed E-state index contributed by atoms with van der Waals surface area (Å²) >= 11 is 0. The minimum Gasteiger partial charge on any atom is -0.462 e. The maximum atomic E-state index is 14.0. The Labute approximate surface area is 158 Å². The smallest absolute Gasteiger partial charge is 0.340 e. The van der Waals surface area contributed by atoms with Crippen molar-refractivity contribution in [3.05, 3.63) is 76.7 Å². The van der Waals surface area contributed by atoms with Gasteiger partial charge in [-0.25, -0.2) is 9.18 Å². The number of halogens is 1. The normalized spacial score (nSPS) is 12.1. The fraction of sp³-hybridized carbons (Fsp3) is 0.273. The second kappa shape index (κ2) is 8.27. The number of carbonyl (C=O) groups excluding carboxylic acids is 1. The zero-order valence-corrected chi connectivity index (χ0v) is 15.8. The molecule has 140 valence electrons. The van der Waals surface area contributed by atoms with Gasteiger partial charge >= 0.3 is 5.97 Å². The number of carbonyl (C=O) groups is 1. The van der Waals surface area contributed by atoms with Crippen LogP contribution in [0.3, 0.4) is 0 Å². The van der Waals surface area contributed by atoms with Gasteiger partial charge < -0.3 is 10.1 Å². The molecule has 3 aromatic rings. The van der Waals surface area contributed by atoms with Gasteiger partial charge in [-0.1, -0.05) is 36.4 Å². The van der Waals surface area contributed by atoms with Crippen LogP contribution in [0.1, 0.15) is 47.1 Å². The zero-order chi connectivity index (χ0) is 19.4. The highest BCUT2D eigenvalue weighted by Gasteiger charge is 2.20. The van der Waals surface area contributed by atoms with Crippen molar-refractivity contribution >= 4 is 16.9 Å². The summed E-state index contributed by atoms with van der Waals surface area (Å²) in [5, 5.41) is 4.20. The molecule has 1 atom stereocenters. The maximum absolute atomic E-state index is 14.0. The lowest BCUT2D eigenvalue weighted by Crippen LogP contribution is -2.22. The second-order valence-electron chi connectivity index (χ2n) is 6.42. The van der Waals surface area contributed by atoms with Crippen molar-refractivity contribution in [1.29, 1.82) is 0 Å². The Bertz CT molecular complexity index is 972. The average molecular weight is 366 g/mol. The van der Waals surface area contributed by atoms with Gasteiger partial charge in [-0.3, -0.25) is 4.98 Å². The van der Waals surface area contributed by atoms with Gasteiger partial charge in [-0.2, -0.15) is 0 Å². The molecule has 1 aromatic heterocycles. The van der Waals surface area contributed by atoms with E-state index in [-0.39, 0.29) is 17.8 Å². The Morgan fingerprint density at radius 2 is 1.89 bits per heavy atom. The molecule has 27 heavy (non-hydrogen) atoms. The lowest BCUT2D eigenvalue weighted by atomic mass is 10.0. The number of nitrogens with zero attached hydrogens (tertiary/aromatic N) is 1. The molecule has 0 spiro atoms. The molecule has 0 bridgehead atoms. The minimum absolute atomic E-state index is 0.227. The molecule has 3 rings (SSSR count). The first-order valence-corrected chi connectivity index (χ1v) is 9.06. The van der Waals surface area contributed by atoms with Gasteiger partial charge in [0.05, 0.1) is 23.4 Å². The third-order valence-electron chi connectivity index (χ3n) is 4.65. The van der Waals surface area contributed by atoms with Crippen LogP contribution in [0.15, 0.2) is 48.5 Å². The Kier molecular flexibility index (Phi) is 5.81. The highest BCUT2D eigenvalue weighted by Crippen LogP contribution is 2.25. The summed E-state index contributed by atoms with van der Waals surface area (Å²) in [5.41, 5.74) is 3.32. The zero-order valence-electron chi connectivity index (χ0n) is 15.8. The van der Waals surface area contributed by atoms with Crippen LogP contribution in [0.25, 0.3) is 10.9 Å². The van der Waals surface area contributed by atoms with Gasteiger partial charge in [0.15, 0.2) is 0 Å². The van der Waals surface area contributed by atoms with E-state index in [0.29, 0.717) is 30.0 Å². The fourth-order valence-corrected chi connectivity index (χ4v) is 3.23. The largest absolute Gasteiger partial charge is 0.462 e. The highest BCUT2D eigenvalue weighted by molar-refractivity contribution is 5.98. The number of pyridine rings is 1. The van der Waals surface area contributed by atoms with Gasteiger partial charge in [-0.05, 0) is 38.5 Å². The third kappa shape index (κ3) is 3.98. The first kappa shape index (κ1) is 19.0. The maximum Gasteiger partial charge on any atom is 0.340 e. The Hall–Kier alpha value is -2.79. The molecule has 5 heteroatoms. The molecule has 0 fully saturated rings. The Balaban J connectivity index is 1.96. The molecular formula is C22H23FN2O2. The SMILES string of the molecule is CCOC(=O)c1c(CNC(C)c2ccccc2F)nc2ccccc2c1C. The van der Waals surface area contributed by atoms with Crippen LogP contribution in [0.4, 0.5) is 4.39 Å². The van der Waals surface area contributed by atoms with Crippen molar-refractivity contribution < 1.29 is 13.9 Å². The van der Waals surface area contributed by atoms with E-state index in [1.54, 1.807) is 25.1 Å². The first-order valence-electron chi connectivity index (χ1n) is 9.06. The van der Waals surface area contributed by atoms with Crippen molar-refractivity contribution in [2.24, 2.45) is 0 Å². The molecule has 0 aliphatic rings. The molecule has 0 saturated heterocycles. The number of esters is 1. The van der Waals surface area contributed by atoms with E-state index in [0.717, 1.165) is 16.5 Å². The summed E-state index contributed by atoms with van der Waals surface area (Å²) in [6, 6.07) is 14.1. The molecule has 0 saturated carbocycles. The number of rotatable bonds is 6. The molecule has 0 aliphatic heterocycles. The molecular weight excluding hydrogens is 343 g/mol. The monoisotopic (exact) mass is 366 g/mol. The summed E-state index contributed by atoms with van der Waals surface area (Å²) < 4.78 is 19.3. The number of ether oxygens (including phenoxy) is 1.